The number of ether oxygens (including phenoxy) is 1. The zero-order valence-corrected chi connectivity index (χ0v) is 16.6. The first-order valence-corrected chi connectivity index (χ1v) is 9.46. The topological polar surface area (TPSA) is 84.6 Å². The standard InChI is InChI=1S/C23H24N2O4/c1-23(2,22(26)27)29-18-9-7-8-17(16-18)13-15-24-14-6-5-12-21-25-19-10-3-4-11-20(19)28-21/h3-4,7-11,16,24H,12-15H2,1-2H3,(H,26,27). The van der Waals surface area contributed by atoms with E-state index in [4.69, 9.17) is 14.3 Å². The zero-order chi connectivity index (χ0) is 20.7. The molecule has 29 heavy (non-hydrogen) atoms. The lowest BCUT2D eigenvalue weighted by molar-refractivity contribution is -0.152. The summed E-state index contributed by atoms with van der Waals surface area (Å²) < 4.78 is 11.2. The molecule has 6 nitrogen and oxygen atoms in total. The van der Waals surface area contributed by atoms with Crippen LogP contribution < -0.4 is 10.1 Å². The van der Waals surface area contributed by atoms with Gasteiger partial charge in [0.25, 0.3) is 0 Å². The van der Waals surface area contributed by atoms with Crippen LogP contribution in [0.15, 0.2) is 52.9 Å². The van der Waals surface area contributed by atoms with Crippen molar-refractivity contribution >= 4 is 17.1 Å². The molecule has 0 aliphatic heterocycles. The van der Waals surface area contributed by atoms with E-state index in [2.05, 4.69) is 22.1 Å². The van der Waals surface area contributed by atoms with Crippen molar-refractivity contribution in [2.24, 2.45) is 0 Å². The molecule has 0 amide bonds. The summed E-state index contributed by atoms with van der Waals surface area (Å²) in [5, 5.41) is 12.4. The van der Waals surface area contributed by atoms with Crippen LogP contribution in [-0.4, -0.2) is 34.8 Å². The van der Waals surface area contributed by atoms with Crippen LogP contribution in [0.2, 0.25) is 0 Å². The number of carboxylic acid groups (broad SMARTS) is 1. The van der Waals surface area contributed by atoms with Gasteiger partial charge in [-0.15, -0.1) is 0 Å². The molecular weight excluding hydrogens is 368 g/mol. The van der Waals surface area contributed by atoms with E-state index >= 15 is 0 Å². The molecule has 1 aromatic heterocycles. The fourth-order valence-corrected chi connectivity index (χ4v) is 2.68. The molecule has 0 unspecified atom stereocenters. The Morgan fingerprint density at radius 3 is 2.83 bits per heavy atom. The number of aliphatic carboxylic acids is 1. The number of hydrogen-bond acceptors (Lipinski definition) is 5. The highest BCUT2D eigenvalue weighted by atomic mass is 16.5. The first-order chi connectivity index (χ1) is 13.9. The third kappa shape index (κ3) is 5.84. The number of carboxylic acids is 1. The van der Waals surface area contributed by atoms with E-state index in [0.29, 0.717) is 24.6 Å². The monoisotopic (exact) mass is 392 g/mol. The summed E-state index contributed by atoms with van der Waals surface area (Å²) in [5.41, 5.74) is 1.43. The van der Waals surface area contributed by atoms with E-state index in [1.807, 2.05) is 42.5 Å². The van der Waals surface area contributed by atoms with Gasteiger partial charge < -0.3 is 19.6 Å². The van der Waals surface area contributed by atoms with Crippen LogP contribution in [0.5, 0.6) is 5.75 Å². The van der Waals surface area contributed by atoms with Crippen LogP contribution in [0.25, 0.3) is 11.1 Å². The van der Waals surface area contributed by atoms with E-state index < -0.39 is 11.6 Å². The van der Waals surface area contributed by atoms with E-state index in [-0.39, 0.29) is 0 Å². The molecule has 0 saturated heterocycles. The van der Waals surface area contributed by atoms with E-state index in [9.17, 15) is 4.79 Å². The minimum atomic E-state index is -1.26. The second-order valence-electron chi connectivity index (χ2n) is 7.10. The molecular formula is C23H24N2O4. The van der Waals surface area contributed by atoms with Gasteiger partial charge in [-0.25, -0.2) is 9.78 Å². The summed E-state index contributed by atoms with van der Waals surface area (Å²) in [5.74, 6) is 6.31. The van der Waals surface area contributed by atoms with Gasteiger partial charge in [0.1, 0.15) is 11.3 Å². The van der Waals surface area contributed by atoms with Crippen molar-refractivity contribution < 1.29 is 19.1 Å². The number of rotatable bonds is 8. The number of hydrogen-bond donors (Lipinski definition) is 2. The Kier molecular flexibility index (Phi) is 6.53. The average Bonchev–Trinajstić information content (AvgIpc) is 3.10. The van der Waals surface area contributed by atoms with Crippen LogP contribution in [0.4, 0.5) is 0 Å². The summed E-state index contributed by atoms with van der Waals surface area (Å²) >= 11 is 0. The molecule has 0 spiro atoms. The molecule has 0 fully saturated rings. The highest BCUT2D eigenvalue weighted by Crippen LogP contribution is 2.20. The van der Waals surface area contributed by atoms with E-state index in [1.165, 1.54) is 13.8 Å². The minimum absolute atomic E-state index is 0.481. The number of benzene rings is 2. The molecule has 2 N–H and O–H groups in total. The molecule has 3 rings (SSSR count). The van der Waals surface area contributed by atoms with Crippen molar-refractivity contribution in [2.45, 2.75) is 32.3 Å². The van der Waals surface area contributed by atoms with E-state index in [0.717, 1.165) is 29.6 Å². The summed E-state index contributed by atoms with van der Waals surface area (Å²) in [6.45, 7) is 4.39. The normalized spacial score (nSPS) is 11.1. The Morgan fingerprint density at radius 1 is 1.21 bits per heavy atom. The largest absolute Gasteiger partial charge is 0.478 e. The number of nitrogens with one attached hydrogen (secondary N) is 1. The highest BCUT2D eigenvalue weighted by molar-refractivity contribution is 5.76. The second kappa shape index (κ2) is 9.26. The van der Waals surface area contributed by atoms with E-state index in [1.54, 1.807) is 6.07 Å². The lowest BCUT2D eigenvalue weighted by Crippen LogP contribution is -2.37. The molecule has 0 atom stereocenters. The number of carbonyl (C=O) groups is 1. The van der Waals surface area contributed by atoms with Crippen molar-refractivity contribution in [1.82, 2.24) is 10.3 Å². The number of nitrogens with zero attached hydrogens (tertiary/aromatic N) is 1. The maximum absolute atomic E-state index is 11.2. The van der Waals surface area contributed by atoms with Gasteiger partial charge in [-0.3, -0.25) is 0 Å². The van der Waals surface area contributed by atoms with Crippen LogP contribution in [0.3, 0.4) is 0 Å². The molecule has 6 heteroatoms. The molecule has 0 saturated carbocycles. The van der Waals surface area contributed by atoms with Gasteiger partial charge >= 0.3 is 5.97 Å². The van der Waals surface area contributed by atoms with Gasteiger partial charge in [-0.1, -0.05) is 36.1 Å². The Balaban J connectivity index is 1.41. The van der Waals surface area contributed by atoms with Crippen LogP contribution >= 0.6 is 0 Å². The van der Waals surface area contributed by atoms with Crippen molar-refractivity contribution in [3.05, 3.63) is 60.0 Å². The summed E-state index contributed by atoms with van der Waals surface area (Å²) in [6, 6.07) is 15.1. The number of oxazole rings is 1. The lowest BCUT2D eigenvalue weighted by atomic mass is 10.1. The van der Waals surface area contributed by atoms with Crippen molar-refractivity contribution in [1.29, 1.82) is 0 Å². The van der Waals surface area contributed by atoms with Crippen LogP contribution in [0.1, 0.15) is 25.3 Å². The lowest BCUT2D eigenvalue weighted by Gasteiger charge is -2.21. The summed E-state index contributed by atoms with van der Waals surface area (Å²) in [4.78, 5) is 15.6. The Hall–Kier alpha value is -3.30. The Labute approximate surface area is 169 Å². The molecule has 0 bridgehead atoms. The Bertz CT molecular complexity index is 1010. The van der Waals surface area contributed by atoms with Crippen molar-refractivity contribution in [3.63, 3.8) is 0 Å². The molecule has 0 radical (unpaired) electrons. The molecule has 0 aliphatic carbocycles. The first-order valence-electron chi connectivity index (χ1n) is 9.46. The predicted molar refractivity (Wildman–Crippen MR) is 111 cm³/mol. The second-order valence-corrected chi connectivity index (χ2v) is 7.10. The molecule has 0 aliphatic rings. The molecule has 150 valence electrons. The van der Waals surface area contributed by atoms with Gasteiger partial charge in [0.05, 0.1) is 13.0 Å². The average molecular weight is 392 g/mol. The maximum Gasteiger partial charge on any atom is 0.347 e. The van der Waals surface area contributed by atoms with Gasteiger partial charge in [-0.2, -0.15) is 0 Å². The smallest absolute Gasteiger partial charge is 0.347 e. The number of fused-ring (bicyclic) bond motifs is 1. The van der Waals surface area contributed by atoms with Gasteiger partial charge in [0, 0.05) is 6.54 Å². The maximum atomic E-state index is 11.2. The van der Waals surface area contributed by atoms with Gasteiger partial charge in [0.15, 0.2) is 11.2 Å². The van der Waals surface area contributed by atoms with Gasteiger partial charge in [0.2, 0.25) is 5.89 Å². The number of para-hydroxylation sites is 2. The fourth-order valence-electron chi connectivity index (χ4n) is 2.68. The van der Waals surface area contributed by atoms with Gasteiger partial charge in [-0.05, 0) is 50.1 Å². The Morgan fingerprint density at radius 2 is 2.03 bits per heavy atom. The van der Waals surface area contributed by atoms with Crippen molar-refractivity contribution in [2.75, 3.05) is 13.1 Å². The first kappa shape index (κ1) is 20.4. The van der Waals surface area contributed by atoms with Crippen molar-refractivity contribution in [3.8, 4) is 17.6 Å². The quantitative estimate of drug-likeness (QED) is 0.451. The van der Waals surface area contributed by atoms with Crippen LogP contribution in [0, 0.1) is 11.8 Å². The SMILES string of the molecule is CC(C)(Oc1cccc(CCNCC#CCc2nc3ccccc3o2)c1)C(=O)O. The van der Waals surface area contributed by atoms with Crippen LogP contribution in [-0.2, 0) is 17.6 Å². The third-order valence-electron chi connectivity index (χ3n) is 4.29. The third-order valence-corrected chi connectivity index (χ3v) is 4.29. The predicted octanol–water partition coefficient (Wildman–Crippen LogP) is 3.45. The highest BCUT2D eigenvalue weighted by Gasteiger charge is 2.29. The fraction of sp³-hybridized carbons (Fsp3) is 0.304. The zero-order valence-electron chi connectivity index (χ0n) is 16.6. The molecule has 3 aromatic rings. The number of aromatic nitrogens is 1. The molecule has 1 heterocycles. The molecule has 2 aromatic carbocycles. The summed E-state index contributed by atoms with van der Waals surface area (Å²) in [7, 11) is 0. The minimum Gasteiger partial charge on any atom is -0.478 e. The summed E-state index contributed by atoms with van der Waals surface area (Å²) in [6.07, 6.45) is 1.27.